The monoisotopic (exact) mass is 204 g/mol. The molecule has 1 amide bonds. The summed E-state index contributed by atoms with van der Waals surface area (Å²) in [6, 6.07) is 5.92. The highest BCUT2D eigenvalue weighted by molar-refractivity contribution is 6.00. The second kappa shape index (κ2) is 4.34. The lowest BCUT2D eigenvalue weighted by Crippen LogP contribution is -2.25. The number of carbonyl (C=O) groups excluding carboxylic acids is 1. The molecule has 0 bridgehead atoms. The first-order valence-corrected chi connectivity index (χ1v) is 5.47. The Kier molecular flexibility index (Phi) is 2.90. The van der Waals surface area contributed by atoms with Crippen LogP contribution in [0.3, 0.4) is 0 Å². The van der Waals surface area contributed by atoms with Crippen molar-refractivity contribution in [3.05, 3.63) is 29.3 Å². The van der Waals surface area contributed by atoms with Crippen LogP contribution in [-0.4, -0.2) is 19.0 Å². The SMILES string of the molecule is CCNC(=O)c1cccc2c1NCCC2. The summed E-state index contributed by atoms with van der Waals surface area (Å²) in [5.41, 5.74) is 3.05. The van der Waals surface area contributed by atoms with Crippen molar-refractivity contribution in [2.75, 3.05) is 18.4 Å². The number of anilines is 1. The fourth-order valence-electron chi connectivity index (χ4n) is 1.95. The smallest absolute Gasteiger partial charge is 0.253 e. The maximum absolute atomic E-state index is 11.8. The predicted octanol–water partition coefficient (Wildman–Crippen LogP) is 1.79. The van der Waals surface area contributed by atoms with Gasteiger partial charge in [-0.1, -0.05) is 12.1 Å². The minimum absolute atomic E-state index is 0.0174. The van der Waals surface area contributed by atoms with E-state index in [9.17, 15) is 4.79 Å². The van der Waals surface area contributed by atoms with E-state index in [0.717, 1.165) is 30.6 Å². The fraction of sp³-hybridized carbons (Fsp3) is 0.417. The van der Waals surface area contributed by atoms with E-state index in [1.54, 1.807) is 0 Å². The highest BCUT2D eigenvalue weighted by Crippen LogP contribution is 2.25. The van der Waals surface area contributed by atoms with Gasteiger partial charge in [-0.2, -0.15) is 0 Å². The molecule has 1 heterocycles. The van der Waals surface area contributed by atoms with Gasteiger partial charge >= 0.3 is 0 Å². The maximum Gasteiger partial charge on any atom is 0.253 e. The van der Waals surface area contributed by atoms with Gasteiger partial charge in [0, 0.05) is 13.1 Å². The summed E-state index contributed by atoms with van der Waals surface area (Å²) in [6.07, 6.45) is 2.21. The highest BCUT2D eigenvalue weighted by atomic mass is 16.1. The first-order chi connectivity index (χ1) is 7.33. The summed E-state index contributed by atoms with van der Waals surface area (Å²) in [5.74, 6) is 0.0174. The zero-order valence-corrected chi connectivity index (χ0v) is 8.97. The second-order valence-corrected chi connectivity index (χ2v) is 3.73. The molecule has 0 radical (unpaired) electrons. The van der Waals surface area contributed by atoms with Gasteiger partial charge in [-0.25, -0.2) is 0 Å². The number of hydrogen-bond donors (Lipinski definition) is 2. The van der Waals surface area contributed by atoms with E-state index >= 15 is 0 Å². The van der Waals surface area contributed by atoms with Crippen LogP contribution in [0.5, 0.6) is 0 Å². The minimum Gasteiger partial charge on any atom is -0.384 e. The van der Waals surface area contributed by atoms with Crippen LogP contribution in [0.1, 0.15) is 29.3 Å². The number of fused-ring (bicyclic) bond motifs is 1. The van der Waals surface area contributed by atoms with Gasteiger partial charge < -0.3 is 10.6 Å². The van der Waals surface area contributed by atoms with E-state index in [-0.39, 0.29) is 5.91 Å². The molecule has 1 aromatic rings. The van der Waals surface area contributed by atoms with Crippen molar-refractivity contribution in [2.45, 2.75) is 19.8 Å². The quantitative estimate of drug-likeness (QED) is 0.771. The van der Waals surface area contributed by atoms with Crippen molar-refractivity contribution in [3.8, 4) is 0 Å². The molecule has 0 unspecified atom stereocenters. The molecular weight excluding hydrogens is 188 g/mol. The maximum atomic E-state index is 11.8. The lowest BCUT2D eigenvalue weighted by Gasteiger charge is -2.20. The van der Waals surface area contributed by atoms with Gasteiger partial charge in [0.15, 0.2) is 0 Å². The summed E-state index contributed by atoms with van der Waals surface area (Å²) < 4.78 is 0. The van der Waals surface area contributed by atoms with Crippen LogP contribution in [0.15, 0.2) is 18.2 Å². The van der Waals surface area contributed by atoms with Gasteiger partial charge in [0.1, 0.15) is 0 Å². The third kappa shape index (κ3) is 1.96. The van der Waals surface area contributed by atoms with Crippen LogP contribution in [0, 0.1) is 0 Å². The van der Waals surface area contributed by atoms with Gasteiger partial charge in [-0.3, -0.25) is 4.79 Å². The van der Waals surface area contributed by atoms with Gasteiger partial charge in [0.05, 0.1) is 11.3 Å². The van der Waals surface area contributed by atoms with Crippen LogP contribution < -0.4 is 10.6 Å². The molecule has 3 heteroatoms. The molecule has 2 N–H and O–H groups in total. The normalized spacial score (nSPS) is 13.9. The van der Waals surface area contributed by atoms with Crippen molar-refractivity contribution < 1.29 is 4.79 Å². The third-order valence-corrected chi connectivity index (χ3v) is 2.66. The van der Waals surface area contributed by atoms with Crippen LogP contribution in [-0.2, 0) is 6.42 Å². The van der Waals surface area contributed by atoms with E-state index in [1.165, 1.54) is 5.56 Å². The molecule has 0 aliphatic carbocycles. The number of nitrogens with one attached hydrogen (secondary N) is 2. The molecule has 1 aliphatic rings. The van der Waals surface area contributed by atoms with E-state index in [4.69, 9.17) is 0 Å². The molecule has 0 fully saturated rings. The summed E-state index contributed by atoms with van der Waals surface area (Å²) in [5, 5.41) is 6.14. The molecule has 80 valence electrons. The lowest BCUT2D eigenvalue weighted by atomic mass is 9.99. The molecule has 2 rings (SSSR count). The van der Waals surface area contributed by atoms with Crippen molar-refractivity contribution in [1.29, 1.82) is 0 Å². The van der Waals surface area contributed by atoms with Crippen LogP contribution >= 0.6 is 0 Å². The zero-order chi connectivity index (χ0) is 10.7. The van der Waals surface area contributed by atoms with Crippen molar-refractivity contribution in [3.63, 3.8) is 0 Å². The average molecular weight is 204 g/mol. The largest absolute Gasteiger partial charge is 0.384 e. The molecule has 3 nitrogen and oxygen atoms in total. The third-order valence-electron chi connectivity index (χ3n) is 2.66. The number of carbonyl (C=O) groups is 1. The summed E-state index contributed by atoms with van der Waals surface area (Å²) >= 11 is 0. The van der Waals surface area contributed by atoms with Gasteiger partial charge in [-0.05, 0) is 31.4 Å². The van der Waals surface area contributed by atoms with Gasteiger partial charge in [-0.15, -0.1) is 0 Å². The Balaban J connectivity index is 2.34. The van der Waals surface area contributed by atoms with Gasteiger partial charge in [0.2, 0.25) is 0 Å². The first kappa shape index (κ1) is 10.0. The average Bonchev–Trinajstić information content (AvgIpc) is 2.28. The Bertz CT molecular complexity index is 374. The topological polar surface area (TPSA) is 41.1 Å². The lowest BCUT2D eigenvalue weighted by molar-refractivity contribution is 0.0956. The molecule has 0 saturated carbocycles. The number of amides is 1. The summed E-state index contributed by atoms with van der Waals surface area (Å²) in [7, 11) is 0. The molecule has 0 atom stereocenters. The van der Waals surface area contributed by atoms with Crippen LogP contribution in [0.2, 0.25) is 0 Å². The number of benzene rings is 1. The van der Waals surface area contributed by atoms with Crippen molar-refractivity contribution in [2.24, 2.45) is 0 Å². The number of aryl methyl sites for hydroxylation is 1. The Morgan fingerprint density at radius 3 is 3.20 bits per heavy atom. The minimum atomic E-state index is 0.0174. The number of rotatable bonds is 2. The Morgan fingerprint density at radius 1 is 1.53 bits per heavy atom. The van der Waals surface area contributed by atoms with Crippen LogP contribution in [0.4, 0.5) is 5.69 Å². The molecule has 1 aromatic carbocycles. The molecular formula is C12H16N2O. The number of para-hydroxylation sites is 1. The Labute approximate surface area is 89.9 Å². The zero-order valence-electron chi connectivity index (χ0n) is 8.97. The number of hydrogen-bond acceptors (Lipinski definition) is 2. The second-order valence-electron chi connectivity index (χ2n) is 3.73. The summed E-state index contributed by atoms with van der Waals surface area (Å²) in [6.45, 7) is 3.56. The molecule has 0 aromatic heterocycles. The Morgan fingerprint density at radius 2 is 2.40 bits per heavy atom. The summed E-state index contributed by atoms with van der Waals surface area (Å²) in [4.78, 5) is 11.8. The molecule has 0 saturated heterocycles. The first-order valence-electron chi connectivity index (χ1n) is 5.47. The Hall–Kier alpha value is -1.51. The van der Waals surface area contributed by atoms with E-state index in [2.05, 4.69) is 16.7 Å². The molecule has 1 aliphatic heterocycles. The highest BCUT2D eigenvalue weighted by Gasteiger charge is 2.16. The fourth-order valence-corrected chi connectivity index (χ4v) is 1.95. The van der Waals surface area contributed by atoms with E-state index < -0.39 is 0 Å². The molecule has 15 heavy (non-hydrogen) atoms. The van der Waals surface area contributed by atoms with Gasteiger partial charge in [0.25, 0.3) is 5.91 Å². The van der Waals surface area contributed by atoms with E-state index in [0.29, 0.717) is 6.54 Å². The van der Waals surface area contributed by atoms with Crippen molar-refractivity contribution in [1.82, 2.24) is 5.32 Å². The molecule has 0 spiro atoms. The predicted molar refractivity (Wildman–Crippen MR) is 61.3 cm³/mol. The van der Waals surface area contributed by atoms with Crippen LogP contribution in [0.25, 0.3) is 0 Å². The van der Waals surface area contributed by atoms with E-state index in [1.807, 2.05) is 19.1 Å². The standard InChI is InChI=1S/C12H16N2O/c1-2-13-12(15)10-7-3-5-9-6-4-8-14-11(9)10/h3,5,7,14H,2,4,6,8H2,1H3,(H,13,15). The van der Waals surface area contributed by atoms with Crippen molar-refractivity contribution >= 4 is 11.6 Å².